The van der Waals surface area contributed by atoms with Crippen LogP contribution in [0.4, 0.5) is 0 Å². The fourth-order valence-corrected chi connectivity index (χ4v) is 3.36. The molecule has 0 amide bonds. The van der Waals surface area contributed by atoms with Crippen molar-refractivity contribution >= 4 is 5.78 Å². The van der Waals surface area contributed by atoms with Gasteiger partial charge in [0, 0.05) is 23.7 Å². The van der Waals surface area contributed by atoms with E-state index in [0.717, 1.165) is 24.4 Å². The first-order valence-electron chi connectivity index (χ1n) is 8.85. The van der Waals surface area contributed by atoms with Crippen LogP contribution in [0.1, 0.15) is 64.2 Å². The largest absolute Gasteiger partial charge is 0.469 e. The van der Waals surface area contributed by atoms with Crippen molar-refractivity contribution in [3.8, 4) is 0 Å². The van der Waals surface area contributed by atoms with Gasteiger partial charge >= 0.3 is 0 Å². The topological polar surface area (TPSA) is 43.4 Å². The molecule has 0 aromatic carbocycles. The van der Waals surface area contributed by atoms with Gasteiger partial charge in [0.2, 0.25) is 0 Å². The van der Waals surface area contributed by atoms with Crippen LogP contribution in [0.5, 0.6) is 0 Å². The number of ketones is 1. The van der Waals surface area contributed by atoms with Crippen LogP contribution in [0.2, 0.25) is 0 Å². The molecule has 132 valence electrons. The molecule has 2 heterocycles. The number of hydrogen-bond donors (Lipinski definition) is 0. The minimum absolute atomic E-state index is 0.235. The summed E-state index contributed by atoms with van der Waals surface area (Å²) < 4.78 is 11.2. The molecular weight excluding hydrogens is 300 g/mol. The first kappa shape index (κ1) is 18.6. The second kappa shape index (κ2) is 7.00. The molecule has 0 atom stereocenters. The highest BCUT2D eigenvalue weighted by Gasteiger charge is 2.40. The Morgan fingerprint density at radius 2 is 1.21 bits per heavy atom. The molecule has 0 aliphatic carbocycles. The molecule has 0 aliphatic heterocycles. The van der Waals surface area contributed by atoms with E-state index in [4.69, 9.17) is 8.83 Å². The summed E-state index contributed by atoms with van der Waals surface area (Å²) in [4.78, 5) is 13.2. The zero-order chi connectivity index (χ0) is 18.0. The zero-order valence-electron chi connectivity index (χ0n) is 15.9. The number of aryl methyl sites for hydroxylation is 2. The maximum absolute atomic E-state index is 13.2. The van der Waals surface area contributed by atoms with Gasteiger partial charge in [0.25, 0.3) is 0 Å². The maximum Gasteiger partial charge on any atom is 0.144 e. The third-order valence-electron chi connectivity index (χ3n) is 4.69. The number of carbonyl (C=O) groups is 1. The van der Waals surface area contributed by atoms with Gasteiger partial charge < -0.3 is 8.83 Å². The average Bonchev–Trinajstić information content (AvgIpc) is 3.14. The van der Waals surface area contributed by atoms with Gasteiger partial charge in [-0.25, -0.2) is 0 Å². The zero-order valence-corrected chi connectivity index (χ0v) is 15.9. The third-order valence-corrected chi connectivity index (χ3v) is 4.69. The van der Waals surface area contributed by atoms with Crippen LogP contribution in [0.3, 0.4) is 0 Å². The Labute approximate surface area is 145 Å². The summed E-state index contributed by atoms with van der Waals surface area (Å²) >= 11 is 0. The van der Waals surface area contributed by atoms with E-state index in [1.165, 1.54) is 11.1 Å². The van der Waals surface area contributed by atoms with E-state index >= 15 is 0 Å². The molecule has 2 rings (SSSR count). The van der Waals surface area contributed by atoms with Crippen molar-refractivity contribution in [3.05, 3.63) is 47.3 Å². The van der Waals surface area contributed by atoms with Gasteiger partial charge in [0.05, 0.1) is 12.5 Å². The van der Waals surface area contributed by atoms with E-state index < -0.39 is 10.8 Å². The van der Waals surface area contributed by atoms with E-state index in [1.807, 2.05) is 27.7 Å². The molecule has 0 bridgehead atoms. The molecule has 0 aliphatic rings. The van der Waals surface area contributed by atoms with Gasteiger partial charge in [-0.2, -0.15) is 0 Å². The minimum Gasteiger partial charge on any atom is -0.469 e. The van der Waals surface area contributed by atoms with Gasteiger partial charge in [-0.3, -0.25) is 4.79 Å². The van der Waals surface area contributed by atoms with Gasteiger partial charge in [0.1, 0.15) is 17.3 Å². The number of rotatable bonds is 8. The van der Waals surface area contributed by atoms with Crippen LogP contribution < -0.4 is 0 Å². The summed E-state index contributed by atoms with van der Waals surface area (Å²) in [6.07, 6.45) is 6.71. The van der Waals surface area contributed by atoms with Gasteiger partial charge in [0.15, 0.2) is 0 Å². The summed E-state index contributed by atoms with van der Waals surface area (Å²) in [7, 11) is 0. The summed E-state index contributed by atoms with van der Waals surface area (Å²) in [5.41, 5.74) is 1.39. The normalized spacial score (nSPS) is 12.6. The van der Waals surface area contributed by atoms with Crippen LogP contribution in [0.15, 0.2) is 33.5 Å². The molecule has 0 unspecified atom stereocenters. The van der Waals surface area contributed by atoms with Crippen LogP contribution in [0.25, 0.3) is 0 Å². The Kier molecular flexibility index (Phi) is 5.42. The van der Waals surface area contributed by atoms with E-state index in [2.05, 4.69) is 26.0 Å². The van der Waals surface area contributed by atoms with E-state index in [9.17, 15) is 4.79 Å². The lowest BCUT2D eigenvalue weighted by atomic mass is 9.70. The molecule has 0 saturated carbocycles. The molecule has 24 heavy (non-hydrogen) atoms. The summed E-state index contributed by atoms with van der Waals surface area (Å²) in [5.74, 6) is 2.00. The Balaban J connectivity index is 2.10. The highest BCUT2D eigenvalue weighted by Crippen LogP contribution is 2.35. The lowest BCUT2D eigenvalue weighted by Gasteiger charge is -2.32. The standard InChI is InChI=1S/C21H30O3/c1-7-15-9-17(23-13-15)11-20(3,4)19(22)21(5,6)12-18-10-16(8-2)14-24-18/h9-10,13-14H,7-8,11-12H2,1-6H3. The number of furan rings is 2. The SMILES string of the molecule is CCc1coc(CC(C)(C)C(=O)C(C)(C)Cc2cc(CC)co2)c1. The van der Waals surface area contributed by atoms with Crippen molar-refractivity contribution < 1.29 is 13.6 Å². The number of hydrogen-bond acceptors (Lipinski definition) is 3. The highest BCUT2D eigenvalue weighted by atomic mass is 16.3. The maximum atomic E-state index is 13.2. The molecule has 2 aromatic rings. The van der Waals surface area contributed by atoms with Crippen LogP contribution in [-0.2, 0) is 30.5 Å². The van der Waals surface area contributed by atoms with E-state index in [0.29, 0.717) is 12.8 Å². The Bertz CT molecular complexity index is 627. The van der Waals surface area contributed by atoms with Crippen molar-refractivity contribution in [2.75, 3.05) is 0 Å². The smallest absolute Gasteiger partial charge is 0.144 e. The van der Waals surface area contributed by atoms with Crippen molar-refractivity contribution in [1.29, 1.82) is 0 Å². The Morgan fingerprint density at radius 1 is 0.833 bits per heavy atom. The fraction of sp³-hybridized carbons (Fsp3) is 0.571. The highest BCUT2D eigenvalue weighted by molar-refractivity contribution is 5.89. The van der Waals surface area contributed by atoms with Crippen molar-refractivity contribution in [2.45, 2.75) is 67.2 Å². The van der Waals surface area contributed by atoms with Crippen molar-refractivity contribution in [2.24, 2.45) is 10.8 Å². The molecule has 3 heteroatoms. The van der Waals surface area contributed by atoms with E-state index in [1.54, 1.807) is 12.5 Å². The summed E-state index contributed by atoms with van der Waals surface area (Å²) in [6, 6.07) is 4.12. The lowest BCUT2D eigenvalue weighted by Crippen LogP contribution is -2.39. The molecule has 0 saturated heterocycles. The first-order chi connectivity index (χ1) is 11.2. The molecule has 0 radical (unpaired) electrons. The van der Waals surface area contributed by atoms with Crippen LogP contribution in [-0.4, -0.2) is 5.78 Å². The summed E-state index contributed by atoms with van der Waals surface area (Å²) in [6.45, 7) is 12.2. The molecule has 0 N–H and O–H groups in total. The van der Waals surface area contributed by atoms with Gasteiger partial charge in [-0.05, 0) is 36.1 Å². The monoisotopic (exact) mass is 330 g/mol. The second-order valence-corrected chi connectivity index (χ2v) is 8.00. The number of Topliss-reactive ketones (excluding diaryl/α,β-unsaturated/α-hetero) is 1. The van der Waals surface area contributed by atoms with E-state index in [-0.39, 0.29) is 5.78 Å². The fourth-order valence-electron chi connectivity index (χ4n) is 3.36. The Hall–Kier alpha value is -1.77. The lowest BCUT2D eigenvalue weighted by molar-refractivity contribution is -0.136. The first-order valence-corrected chi connectivity index (χ1v) is 8.85. The quantitative estimate of drug-likeness (QED) is 0.650. The Morgan fingerprint density at radius 3 is 1.50 bits per heavy atom. The second-order valence-electron chi connectivity index (χ2n) is 8.00. The predicted octanol–water partition coefficient (Wildman–Crippen LogP) is 5.40. The summed E-state index contributed by atoms with van der Waals surface area (Å²) in [5, 5.41) is 0. The average molecular weight is 330 g/mol. The molecule has 2 aromatic heterocycles. The minimum atomic E-state index is -0.480. The predicted molar refractivity (Wildman–Crippen MR) is 96.1 cm³/mol. The molecule has 0 fully saturated rings. The van der Waals surface area contributed by atoms with Crippen molar-refractivity contribution in [1.82, 2.24) is 0 Å². The third kappa shape index (κ3) is 4.19. The molecular formula is C21H30O3. The van der Waals surface area contributed by atoms with Gasteiger partial charge in [-0.1, -0.05) is 41.5 Å². The van der Waals surface area contributed by atoms with Crippen LogP contribution in [0, 0.1) is 10.8 Å². The van der Waals surface area contributed by atoms with Gasteiger partial charge in [-0.15, -0.1) is 0 Å². The van der Waals surface area contributed by atoms with Crippen molar-refractivity contribution in [3.63, 3.8) is 0 Å². The molecule has 3 nitrogen and oxygen atoms in total. The molecule has 0 spiro atoms. The number of carbonyl (C=O) groups excluding carboxylic acids is 1. The van der Waals surface area contributed by atoms with Crippen LogP contribution >= 0.6 is 0 Å².